The summed E-state index contributed by atoms with van der Waals surface area (Å²) in [7, 11) is 0. The molecule has 3 aromatic rings. The summed E-state index contributed by atoms with van der Waals surface area (Å²) >= 11 is 5.83. The number of H-pyrrole nitrogens is 1. The summed E-state index contributed by atoms with van der Waals surface area (Å²) < 4.78 is 4.92. The van der Waals surface area contributed by atoms with Crippen molar-refractivity contribution in [2.75, 3.05) is 5.32 Å². The Labute approximate surface area is 136 Å². The molecule has 0 aliphatic heterocycles. The number of aromatic amines is 1. The van der Waals surface area contributed by atoms with Gasteiger partial charge in [0, 0.05) is 16.3 Å². The van der Waals surface area contributed by atoms with Gasteiger partial charge in [-0.05, 0) is 48.9 Å². The first-order valence-electron chi connectivity index (χ1n) is 6.89. The van der Waals surface area contributed by atoms with Crippen molar-refractivity contribution in [3.05, 3.63) is 69.2 Å². The zero-order valence-electron chi connectivity index (χ0n) is 12.2. The number of fused-ring (bicyclic) bond motifs is 1. The van der Waals surface area contributed by atoms with E-state index in [9.17, 15) is 9.59 Å². The van der Waals surface area contributed by atoms with E-state index in [0.29, 0.717) is 27.4 Å². The quantitative estimate of drug-likeness (QED) is 0.718. The molecule has 0 fully saturated rings. The number of carbonyl (C=O) groups is 1. The largest absolute Gasteiger partial charge is 0.417 e. The second-order valence-electron chi connectivity index (χ2n) is 5.06. The number of anilines is 1. The van der Waals surface area contributed by atoms with Gasteiger partial charge < -0.3 is 9.73 Å². The lowest BCUT2D eigenvalue weighted by atomic mass is 10.1. The average molecular weight is 329 g/mol. The van der Waals surface area contributed by atoms with Gasteiger partial charge in [0.2, 0.25) is 0 Å². The summed E-state index contributed by atoms with van der Waals surface area (Å²) in [6.07, 6.45) is 1.77. The summed E-state index contributed by atoms with van der Waals surface area (Å²) in [5.74, 6) is -0.757. The molecular formula is C17H13ClN2O3. The number of carbonyl (C=O) groups excluding carboxylic acids is 1. The molecule has 0 radical (unpaired) electrons. The molecule has 0 aliphatic rings. The van der Waals surface area contributed by atoms with Crippen molar-refractivity contribution in [3.63, 3.8) is 0 Å². The molecule has 116 valence electrons. The minimum Gasteiger partial charge on any atom is -0.408 e. The highest BCUT2D eigenvalue weighted by molar-refractivity contribution is 6.30. The van der Waals surface area contributed by atoms with Gasteiger partial charge in [0.15, 0.2) is 5.58 Å². The first-order valence-corrected chi connectivity index (χ1v) is 7.27. The molecule has 1 amide bonds. The van der Waals surface area contributed by atoms with E-state index in [4.69, 9.17) is 16.0 Å². The molecule has 0 spiro atoms. The third kappa shape index (κ3) is 3.52. The Kier molecular flexibility index (Phi) is 4.04. The van der Waals surface area contributed by atoms with Gasteiger partial charge in [0.1, 0.15) is 0 Å². The van der Waals surface area contributed by atoms with Gasteiger partial charge in [0.05, 0.1) is 5.52 Å². The first kappa shape index (κ1) is 15.1. The van der Waals surface area contributed by atoms with Gasteiger partial charge in [0.25, 0.3) is 5.91 Å². The molecule has 6 heteroatoms. The molecule has 2 aromatic carbocycles. The fourth-order valence-electron chi connectivity index (χ4n) is 2.13. The molecule has 0 unspecified atom stereocenters. The monoisotopic (exact) mass is 328 g/mol. The molecule has 0 aliphatic carbocycles. The average Bonchev–Trinajstić information content (AvgIpc) is 2.88. The van der Waals surface area contributed by atoms with Crippen molar-refractivity contribution >= 4 is 40.4 Å². The number of nitrogens with one attached hydrogen (secondary N) is 2. The van der Waals surface area contributed by atoms with E-state index >= 15 is 0 Å². The van der Waals surface area contributed by atoms with Crippen molar-refractivity contribution in [1.82, 2.24) is 4.98 Å². The number of hydrogen-bond acceptors (Lipinski definition) is 3. The van der Waals surface area contributed by atoms with Crippen molar-refractivity contribution in [2.24, 2.45) is 0 Å². The topological polar surface area (TPSA) is 75.1 Å². The van der Waals surface area contributed by atoms with Crippen LogP contribution in [0.5, 0.6) is 0 Å². The molecule has 1 heterocycles. The Hall–Kier alpha value is -2.79. The highest BCUT2D eigenvalue weighted by Gasteiger charge is 2.07. The van der Waals surface area contributed by atoms with Crippen LogP contribution >= 0.6 is 11.6 Å². The maximum atomic E-state index is 12.2. The normalized spacial score (nSPS) is 11.7. The zero-order chi connectivity index (χ0) is 16.4. The SMILES string of the molecule is C/C(=C\c1ccc(Cl)cc1)C(=O)Nc1ccc2oc(=O)[nH]c2c1. The Balaban J connectivity index is 1.78. The number of hydrogen-bond donors (Lipinski definition) is 2. The van der Waals surface area contributed by atoms with E-state index in [0.717, 1.165) is 5.56 Å². The second kappa shape index (κ2) is 6.14. The number of oxazole rings is 1. The molecule has 23 heavy (non-hydrogen) atoms. The zero-order valence-corrected chi connectivity index (χ0v) is 13.0. The maximum absolute atomic E-state index is 12.2. The minimum atomic E-state index is -0.526. The lowest BCUT2D eigenvalue weighted by Crippen LogP contribution is -2.12. The minimum absolute atomic E-state index is 0.231. The van der Waals surface area contributed by atoms with Gasteiger partial charge in [-0.25, -0.2) is 4.79 Å². The van der Waals surface area contributed by atoms with E-state index in [-0.39, 0.29) is 5.91 Å². The lowest BCUT2D eigenvalue weighted by Gasteiger charge is -2.05. The van der Waals surface area contributed by atoms with E-state index in [1.54, 1.807) is 43.3 Å². The summed E-state index contributed by atoms with van der Waals surface area (Å²) in [6, 6.07) is 12.1. The first-order chi connectivity index (χ1) is 11.0. The van der Waals surface area contributed by atoms with E-state index in [1.807, 2.05) is 12.1 Å². The van der Waals surface area contributed by atoms with Gasteiger partial charge in [-0.2, -0.15) is 0 Å². The molecule has 0 atom stereocenters. The van der Waals surface area contributed by atoms with Crippen LogP contribution < -0.4 is 11.1 Å². The Morgan fingerprint density at radius 3 is 2.70 bits per heavy atom. The Morgan fingerprint density at radius 1 is 1.22 bits per heavy atom. The third-order valence-electron chi connectivity index (χ3n) is 3.29. The molecule has 1 aromatic heterocycles. The highest BCUT2D eigenvalue weighted by atomic mass is 35.5. The fraction of sp³-hybridized carbons (Fsp3) is 0.0588. The molecule has 2 N–H and O–H groups in total. The van der Waals surface area contributed by atoms with Crippen LogP contribution in [0.3, 0.4) is 0 Å². The summed E-state index contributed by atoms with van der Waals surface area (Å²) in [5, 5.41) is 3.42. The van der Waals surface area contributed by atoms with Crippen LogP contribution in [0.4, 0.5) is 5.69 Å². The molecule has 0 saturated carbocycles. The smallest absolute Gasteiger partial charge is 0.408 e. The Morgan fingerprint density at radius 2 is 1.96 bits per heavy atom. The molecule has 0 saturated heterocycles. The summed E-state index contributed by atoms with van der Waals surface area (Å²) in [6.45, 7) is 1.72. The predicted octanol–water partition coefficient (Wildman–Crippen LogP) is 3.82. The van der Waals surface area contributed by atoms with Crippen LogP contribution in [0.2, 0.25) is 5.02 Å². The standard InChI is InChI=1S/C17H13ClN2O3/c1-10(8-11-2-4-12(18)5-3-11)16(21)19-13-6-7-15-14(9-13)20-17(22)23-15/h2-9H,1H3,(H,19,21)(H,20,22)/b10-8+. The van der Waals surface area contributed by atoms with Crippen LogP contribution in [0, 0.1) is 0 Å². The van der Waals surface area contributed by atoms with Crippen LogP contribution in [-0.2, 0) is 4.79 Å². The van der Waals surface area contributed by atoms with Crippen molar-refractivity contribution in [1.29, 1.82) is 0 Å². The van der Waals surface area contributed by atoms with Crippen LogP contribution in [-0.4, -0.2) is 10.9 Å². The molecular weight excluding hydrogens is 316 g/mol. The Bertz CT molecular complexity index is 952. The number of rotatable bonds is 3. The molecule has 0 bridgehead atoms. The van der Waals surface area contributed by atoms with Gasteiger partial charge >= 0.3 is 5.76 Å². The number of halogens is 1. The van der Waals surface area contributed by atoms with Crippen LogP contribution in [0.15, 0.2) is 57.2 Å². The molecule has 5 nitrogen and oxygen atoms in total. The van der Waals surface area contributed by atoms with Gasteiger partial charge in [-0.1, -0.05) is 23.7 Å². The number of benzene rings is 2. The molecule has 3 rings (SSSR count). The number of amides is 1. The van der Waals surface area contributed by atoms with Crippen molar-refractivity contribution < 1.29 is 9.21 Å². The highest BCUT2D eigenvalue weighted by Crippen LogP contribution is 2.18. The lowest BCUT2D eigenvalue weighted by molar-refractivity contribution is -0.112. The van der Waals surface area contributed by atoms with Gasteiger partial charge in [-0.15, -0.1) is 0 Å². The number of aromatic nitrogens is 1. The third-order valence-corrected chi connectivity index (χ3v) is 3.54. The fourth-order valence-corrected chi connectivity index (χ4v) is 2.26. The van der Waals surface area contributed by atoms with E-state index in [1.165, 1.54) is 0 Å². The van der Waals surface area contributed by atoms with Crippen molar-refractivity contribution in [2.45, 2.75) is 6.92 Å². The summed E-state index contributed by atoms with van der Waals surface area (Å²) in [5.41, 5.74) is 2.99. The second-order valence-corrected chi connectivity index (χ2v) is 5.49. The van der Waals surface area contributed by atoms with E-state index < -0.39 is 5.76 Å². The predicted molar refractivity (Wildman–Crippen MR) is 90.6 cm³/mol. The van der Waals surface area contributed by atoms with Gasteiger partial charge in [-0.3, -0.25) is 9.78 Å². The maximum Gasteiger partial charge on any atom is 0.417 e. The van der Waals surface area contributed by atoms with Crippen molar-refractivity contribution in [3.8, 4) is 0 Å². The van der Waals surface area contributed by atoms with E-state index in [2.05, 4.69) is 10.3 Å². The summed E-state index contributed by atoms with van der Waals surface area (Å²) in [4.78, 5) is 25.9. The van der Waals surface area contributed by atoms with Crippen LogP contribution in [0.1, 0.15) is 12.5 Å². The van der Waals surface area contributed by atoms with Crippen LogP contribution in [0.25, 0.3) is 17.2 Å².